The van der Waals surface area contributed by atoms with Gasteiger partial charge in [-0.3, -0.25) is 9.59 Å². The molecule has 0 bridgehead atoms. The van der Waals surface area contributed by atoms with Crippen LogP contribution < -0.4 is 10.6 Å². The van der Waals surface area contributed by atoms with Crippen LogP contribution in [0.5, 0.6) is 0 Å². The molecule has 1 aliphatic heterocycles. The lowest BCUT2D eigenvalue weighted by Gasteiger charge is -2.23. The number of anilines is 3. The minimum Gasteiger partial charge on any atom is -0.356 e. The first kappa shape index (κ1) is 27.1. The lowest BCUT2D eigenvalue weighted by atomic mass is 9.93. The molecule has 1 atom stereocenters. The minimum absolute atomic E-state index is 0.0202. The number of carbonyl (C=O) groups excluding carboxylic acids is 2. The van der Waals surface area contributed by atoms with Crippen molar-refractivity contribution in [3.8, 4) is 11.3 Å². The summed E-state index contributed by atoms with van der Waals surface area (Å²) >= 11 is 0. The van der Waals surface area contributed by atoms with E-state index in [1.54, 1.807) is 11.1 Å². The van der Waals surface area contributed by atoms with Gasteiger partial charge in [-0.25, -0.2) is 4.98 Å². The molecule has 8 heteroatoms. The molecule has 0 unspecified atom stereocenters. The molecule has 2 amide bonds. The summed E-state index contributed by atoms with van der Waals surface area (Å²) in [6.45, 7) is 1.57. The molecule has 206 valence electrons. The van der Waals surface area contributed by atoms with E-state index in [2.05, 4.69) is 25.5 Å². The van der Waals surface area contributed by atoms with Gasteiger partial charge in [-0.15, -0.1) is 0 Å². The molecule has 1 aliphatic rings. The summed E-state index contributed by atoms with van der Waals surface area (Å²) in [5.41, 5.74) is 5.79. The lowest BCUT2D eigenvalue weighted by molar-refractivity contribution is -0.117. The average Bonchev–Trinajstić information content (AvgIpc) is 3.33. The molecule has 8 nitrogen and oxygen atoms in total. The van der Waals surface area contributed by atoms with Crippen LogP contribution in [0.3, 0.4) is 0 Å². The number of hydrogen-bond acceptors (Lipinski definition) is 5. The smallest absolute Gasteiger partial charge is 0.257 e. The molecule has 5 rings (SSSR count). The van der Waals surface area contributed by atoms with Crippen LogP contribution in [0.1, 0.15) is 40.4 Å². The number of nitrogens with zero attached hydrogens (tertiary/aromatic N) is 3. The maximum Gasteiger partial charge on any atom is 0.257 e. The molecule has 2 aromatic carbocycles. The quantitative estimate of drug-likeness (QED) is 0.248. The van der Waals surface area contributed by atoms with Gasteiger partial charge >= 0.3 is 0 Å². The van der Waals surface area contributed by atoms with Gasteiger partial charge < -0.3 is 25.4 Å². The van der Waals surface area contributed by atoms with Crippen molar-refractivity contribution in [3.05, 3.63) is 95.8 Å². The zero-order chi connectivity index (χ0) is 28.1. The van der Waals surface area contributed by atoms with Crippen LogP contribution in [0.25, 0.3) is 11.3 Å². The van der Waals surface area contributed by atoms with Crippen LogP contribution in [0, 0.1) is 0 Å². The molecule has 0 radical (unpaired) electrons. The highest BCUT2D eigenvalue weighted by molar-refractivity contribution is 6.06. The number of para-hydroxylation sites is 1. The summed E-state index contributed by atoms with van der Waals surface area (Å²) in [6, 6.07) is 23.5. The van der Waals surface area contributed by atoms with Crippen LogP contribution >= 0.6 is 0 Å². The summed E-state index contributed by atoms with van der Waals surface area (Å²) in [6.07, 6.45) is 4.06. The van der Waals surface area contributed by atoms with Gasteiger partial charge in [0, 0.05) is 43.2 Å². The van der Waals surface area contributed by atoms with Crippen molar-refractivity contribution in [3.63, 3.8) is 0 Å². The molecule has 0 saturated carbocycles. The molecule has 3 N–H and O–H groups in total. The highest BCUT2D eigenvalue weighted by atomic mass is 16.2. The number of nitrogens with one attached hydrogen (secondary N) is 3. The summed E-state index contributed by atoms with van der Waals surface area (Å²) in [5.74, 6) is 0.0820. The van der Waals surface area contributed by atoms with E-state index in [0.29, 0.717) is 17.9 Å². The van der Waals surface area contributed by atoms with E-state index in [1.807, 2.05) is 93.9 Å². The Balaban J connectivity index is 1.45. The second-order valence-electron chi connectivity index (χ2n) is 10.5. The Morgan fingerprint density at radius 1 is 1.07 bits per heavy atom. The monoisotopic (exact) mass is 536 g/mol. The molecule has 3 heterocycles. The fourth-order valence-electron chi connectivity index (χ4n) is 5.17. The molecule has 0 fully saturated rings. The summed E-state index contributed by atoms with van der Waals surface area (Å²) in [7, 11) is 5.90. The fourth-order valence-corrected chi connectivity index (χ4v) is 5.17. The van der Waals surface area contributed by atoms with Gasteiger partial charge in [-0.2, -0.15) is 0 Å². The Hall–Kier alpha value is -4.43. The van der Waals surface area contributed by atoms with Crippen LogP contribution in [-0.4, -0.2) is 65.8 Å². The van der Waals surface area contributed by atoms with Crippen LogP contribution in [0.15, 0.2) is 79.0 Å². The SMILES string of the molecule is CN(C)CCC[C@H](C(=O)Nc1cc(-c2[nH]c3c(c2Nc2ccccc2)C(=O)N(C)CC3)ccn1)c1ccccc1. The third kappa shape index (κ3) is 6.07. The van der Waals surface area contributed by atoms with Gasteiger partial charge in [-0.1, -0.05) is 48.5 Å². The van der Waals surface area contributed by atoms with E-state index >= 15 is 0 Å². The maximum atomic E-state index is 13.5. The van der Waals surface area contributed by atoms with Gasteiger partial charge in [0.15, 0.2) is 0 Å². The zero-order valence-electron chi connectivity index (χ0n) is 23.3. The van der Waals surface area contributed by atoms with Gasteiger partial charge in [0.1, 0.15) is 5.82 Å². The van der Waals surface area contributed by atoms with E-state index in [1.165, 1.54) is 0 Å². The van der Waals surface area contributed by atoms with Crippen LogP contribution in [-0.2, 0) is 11.2 Å². The normalized spacial score (nSPS) is 13.7. The number of hydrogen-bond donors (Lipinski definition) is 3. The molecular formula is C32H36N6O2. The van der Waals surface area contributed by atoms with Gasteiger partial charge in [0.05, 0.1) is 22.9 Å². The number of amides is 2. The number of likely N-dealkylation sites (N-methyl/N-ethyl adjacent to an activating group) is 1. The first-order chi connectivity index (χ1) is 19.4. The molecule has 40 heavy (non-hydrogen) atoms. The first-order valence-electron chi connectivity index (χ1n) is 13.7. The third-order valence-electron chi connectivity index (χ3n) is 7.30. The minimum atomic E-state index is -0.284. The number of carbonyl (C=O) groups is 2. The first-order valence-corrected chi connectivity index (χ1v) is 13.7. The standard InChI is InChI=1S/C32H36N6O2/c1-37(2)19-10-15-25(22-11-6-4-7-12-22)31(39)36-27-21-23(16-18-33-27)29-30(34-24-13-8-5-9-14-24)28-26(35-29)17-20-38(3)32(28)40/h4-9,11-14,16,18,21,25,34-35H,10,15,17,19-20H2,1-3H3,(H,33,36,39)/t25-/m0/s1. The van der Waals surface area contributed by atoms with Crippen molar-refractivity contribution in [2.75, 3.05) is 44.9 Å². The fraction of sp³-hybridized carbons (Fsp3) is 0.281. The van der Waals surface area contributed by atoms with E-state index in [4.69, 9.17) is 0 Å². The summed E-state index contributed by atoms with van der Waals surface area (Å²) in [4.78, 5) is 38.6. The summed E-state index contributed by atoms with van der Waals surface area (Å²) < 4.78 is 0. The Bertz CT molecular complexity index is 1470. The van der Waals surface area contributed by atoms with Gasteiger partial charge in [0.25, 0.3) is 5.91 Å². The van der Waals surface area contributed by atoms with Crippen molar-refractivity contribution >= 4 is 29.0 Å². The molecular weight excluding hydrogens is 500 g/mol. The predicted octanol–water partition coefficient (Wildman–Crippen LogP) is 5.51. The molecule has 0 aliphatic carbocycles. The van der Waals surface area contributed by atoms with Crippen molar-refractivity contribution in [1.82, 2.24) is 19.8 Å². The predicted molar refractivity (Wildman–Crippen MR) is 160 cm³/mol. The third-order valence-corrected chi connectivity index (χ3v) is 7.30. The Labute approximate surface area is 235 Å². The van der Waals surface area contributed by atoms with E-state index < -0.39 is 0 Å². The van der Waals surface area contributed by atoms with E-state index in [9.17, 15) is 9.59 Å². The average molecular weight is 537 g/mol. The van der Waals surface area contributed by atoms with Crippen molar-refractivity contribution in [2.45, 2.75) is 25.2 Å². The lowest BCUT2D eigenvalue weighted by Crippen LogP contribution is -2.34. The van der Waals surface area contributed by atoms with Crippen LogP contribution in [0.2, 0.25) is 0 Å². The number of fused-ring (bicyclic) bond motifs is 1. The highest BCUT2D eigenvalue weighted by Crippen LogP contribution is 2.38. The molecule has 2 aromatic heterocycles. The molecule has 0 saturated heterocycles. The number of H-pyrrole nitrogens is 1. The van der Waals surface area contributed by atoms with E-state index in [-0.39, 0.29) is 17.7 Å². The van der Waals surface area contributed by atoms with Crippen molar-refractivity contribution in [2.24, 2.45) is 0 Å². The number of benzene rings is 2. The van der Waals surface area contributed by atoms with Crippen molar-refractivity contribution in [1.29, 1.82) is 0 Å². The number of aromatic nitrogens is 2. The topological polar surface area (TPSA) is 93.4 Å². The Kier molecular flexibility index (Phi) is 8.26. The zero-order valence-corrected chi connectivity index (χ0v) is 23.3. The van der Waals surface area contributed by atoms with Crippen molar-refractivity contribution < 1.29 is 9.59 Å². The highest BCUT2D eigenvalue weighted by Gasteiger charge is 2.30. The van der Waals surface area contributed by atoms with Crippen LogP contribution in [0.4, 0.5) is 17.2 Å². The largest absolute Gasteiger partial charge is 0.356 e. The second-order valence-corrected chi connectivity index (χ2v) is 10.5. The number of pyridine rings is 1. The van der Waals surface area contributed by atoms with E-state index in [0.717, 1.165) is 59.7 Å². The maximum absolute atomic E-state index is 13.5. The second kappa shape index (κ2) is 12.2. The van der Waals surface area contributed by atoms with Gasteiger partial charge in [0.2, 0.25) is 5.91 Å². The molecule has 4 aromatic rings. The Morgan fingerprint density at radius 3 is 2.52 bits per heavy atom. The molecule has 0 spiro atoms. The number of aromatic amines is 1. The summed E-state index contributed by atoms with van der Waals surface area (Å²) in [5, 5.41) is 6.53. The number of rotatable bonds is 10. The Morgan fingerprint density at radius 2 is 1.80 bits per heavy atom. The van der Waals surface area contributed by atoms with Gasteiger partial charge in [-0.05, 0) is 63.3 Å².